The lowest BCUT2D eigenvalue weighted by molar-refractivity contribution is -0.118. The molecule has 0 aromatic carbocycles. The highest BCUT2D eigenvalue weighted by Crippen LogP contribution is 1.93. The van der Waals surface area contributed by atoms with Gasteiger partial charge in [-0.15, -0.1) is 0 Å². The van der Waals surface area contributed by atoms with Gasteiger partial charge < -0.3 is 0 Å². The van der Waals surface area contributed by atoms with E-state index in [0.29, 0.717) is 0 Å². The number of amides is 1. The third kappa shape index (κ3) is 0.714. The maximum Gasteiger partial charge on any atom is 0.250 e. The molecule has 1 aliphatic heterocycles. The van der Waals surface area contributed by atoms with Crippen LogP contribution in [-0.2, 0) is 14.8 Å². The van der Waals surface area contributed by atoms with Gasteiger partial charge >= 0.3 is 0 Å². The Morgan fingerprint density at radius 2 is 2.00 bits per heavy atom. The molecule has 1 heterocycles. The van der Waals surface area contributed by atoms with Gasteiger partial charge in [-0.1, -0.05) is 0 Å². The molecule has 0 bridgehead atoms. The molecule has 1 aliphatic rings. The SMILES string of the molecule is O=C1CS(=O)(=O)N1. The van der Waals surface area contributed by atoms with Gasteiger partial charge in [-0.3, -0.25) is 9.52 Å². The highest BCUT2D eigenvalue weighted by atomic mass is 32.2. The van der Waals surface area contributed by atoms with Gasteiger partial charge in [0, 0.05) is 0 Å². The monoisotopic (exact) mass is 121 g/mol. The molecule has 0 saturated carbocycles. The highest BCUT2D eigenvalue weighted by molar-refractivity contribution is 7.93. The zero-order valence-electron chi connectivity index (χ0n) is 3.34. The van der Waals surface area contributed by atoms with Crippen molar-refractivity contribution in [2.75, 3.05) is 5.75 Å². The van der Waals surface area contributed by atoms with Gasteiger partial charge in [0.05, 0.1) is 0 Å². The van der Waals surface area contributed by atoms with Crippen LogP contribution in [-0.4, -0.2) is 20.1 Å². The Balaban J connectivity index is 2.79. The Morgan fingerprint density at radius 1 is 1.57 bits per heavy atom. The first-order valence-electron chi connectivity index (χ1n) is 1.63. The van der Waals surface area contributed by atoms with Crippen molar-refractivity contribution in [3.05, 3.63) is 0 Å². The van der Waals surface area contributed by atoms with Gasteiger partial charge in [0.2, 0.25) is 10.0 Å². The summed E-state index contributed by atoms with van der Waals surface area (Å²) in [7, 11) is -3.13. The summed E-state index contributed by atoms with van der Waals surface area (Å²) in [5, 5.41) is 0. The first-order valence-corrected chi connectivity index (χ1v) is 3.29. The van der Waals surface area contributed by atoms with Crippen LogP contribution in [0.1, 0.15) is 0 Å². The molecule has 1 amide bonds. The van der Waals surface area contributed by atoms with E-state index >= 15 is 0 Å². The number of carbonyl (C=O) groups is 1. The van der Waals surface area contributed by atoms with Crippen LogP contribution >= 0.6 is 0 Å². The van der Waals surface area contributed by atoms with Crippen molar-refractivity contribution in [1.82, 2.24) is 4.72 Å². The van der Waals surface area contributed by atoms with E-state index < -0.39 is 15.9 Å². The lowest BCUT2D eigenvalue weighted by Crippen LogP contribution is -2.48. The van der Waals surface area contributed by atoms with Crippen LogP contribution in [0.5, 0.6) is 0 Å². The minimum Gasteiger partial charge on any atom is -0.273 e. The van der Waals surface area contributed by atoms with Crippen LogP contribution in [0.2, 0.25) is 0 Å². The molecule has 0 spiro atoms. The summed E-state index contributed by atoms with van der Waals surface area (Å²) >= 11 is 0. The molecule has 7 heavy (non-hydrogen) atoms. The minimum atomic E-state index is -3.13. The largest absolute Gasteiger partial charge is 0.273 e. The molecule has 40 valence electrons. The Kier molecular flexibility index (Phi) is 0.637. The standard InChI is InChI=1S/C2H3NO3S/c4-2-1-7(5,6)3-2/h1H2,(H,3,4). The number of hydrogen-bond acceptors (Lipinski definition) is 3. The molecule has 0 atom stereocenters. The number of sulfonamides is 1. The summed E-state index contributed by atoms with van der Waals surface area (Å²) in [5.41, 5.74) is 0. The van der Waals surface area contributed by atoms with E-state index in [2.05, 4.69) is 0 Å². The summed E-state index contributed by atoms with van der Waals surface area (Å²) in [4.78, 5) is 9.82. The Labute approximate surface area is 40.6 Å². The minimum absolute atomic E-state index is 0.340. The van der Waals surface area contributed by atoms with Crippen LogP contribution in [0.4, 0.5) is 0 Å². The molecule has 1 N–H and O–H groups in total. The van der Waals surface area contributed by atoms with Crippen LogP contribution in [0.15, 0.2) is 0 Å². The average Bonchev–Trinajstić information content (AvgIpc) is 1.27. The molecule has 1 saturated heterocycles. The molecule has 0 aromatic heterocycles. The summed E-state index contributed by atoms with van der Waals surface area (Å²) in [5.74, 6) is -0.757. The third-order valence-corrected chi connectivity index (χ3v) is 1.77. The maximum absolute atomic E-state index is 9.97. The predicted molar refractivity (Wildman–Crippen MR) is 21.9 cm³/mol. The smallest absolute Gasteiger partial charge is 0.250 e. The van der Waals surface area contributed by atoms with Crippen molar-refractivity contribution in [2.24, 2.45) is 0 Å². The van der Waals surface area contributed by atoms with E-state index in [1.807, 2.05) is 0 Å². The van der Waals surface area contributed by atoms with Crippen LogP contribution in [0.25, 0.3) is 0 Å². The average molecular weight is 121 g/mol. The fraction of sp³-hybridized carbons (Fsp3) is 0.500. The lowest BCUT2D eigenvalue weighted by atomic mass is 10.8. The third-order valence-electron chi connectivity index (χ3n) is 0.590. The first kappa shape index (κ1) is 4.58. The summed E-state index contributed by atoms with van der Waals surface area (Å²) in [6.07, 6.45) is 0. The van der Waals surface area contributed by atoms with Crippen molar-refractivity contribution >= 4 is 15.9 Å². The van der Waals surface area contributed by atoms with Gasteiger partial charge in [-0.25, -0.2) is 8.42 Å². The summed E-state index contributed by atoms with van der Waals surface area (Å²) < 4.78 is 21.6. The zero-order valence-corrected chi connectivity index (χ0v) is 4.16. The van der Waals surface area contributed by atoms with Crippen molar-refractivity contribution in [3.63, 3.8) is 0 Å². The summed E-state index contributed by atoms with van der Waals surface area (Å²) in [6, 6.07) is 0. The molecular weight excluding hydrogens is 118 g/mol. The first-order chi connectivity index (χ1) is 3.10. The fourth-order valence-corrected chi connectivity index (χ4v) is 0.993. The van der Waals surface area contributed by atoms with Crippen molar-refractivity contribution < 1.29 is 13.2 Å². The van der Waals surface area contributed by atoms with E-state index in [0.717, 1.165) is 0 Å². The quantitative estimate of drug-likeness (QED) is 0.422. The topological polar surface area (TPSA) is 63.2 Å². The van der Waals surface area contributed by atoms with Crippen molar-refractivity contribution in [2.45, 2.75) is 0 Å². The van der Waals surface area contributed by atoms with Crippen LogP contribution < -0.4 is 4.72 Å². The van der Waals surface area contributed by atoms with Crippen LogP contribution in [0.3, 0.4) is 0 Å². The molecule has 0 aliphatic carbocycles. The normalized spacial score (nSPS) is 25.4. The van der Waals surface area contributed by atoms with E-state index in [-0.39, 0.29) is 5.75 Å². The number of rotatable bonds is 0. The number of carbonyl (C=O) groups excluding carboxylic acids is 1. The van der Waals surface area contributed by atoms with Crippen molar-refractivity contribution in [3.8, 4) is 0 Å². The number of nitrogens with one attached hydrogen (secondary N) is 1. The second-order valence-corrected chi connectivity index (χ2v) is 3.01. The molecule has 4 nitrogen and oxygen atoms in total. The molecule has 0 aromatic rings. The van der Waals surface area contributed by atoms with Gasteiger partial charge in [0.1, 0.15) is 5.75 Å². The van der Waals surface area contributed by atoms with E-state index in [1.54, 1.807) is 4.72 Å². The molecule has 1 fully saturated rings. The molecule has 0 unspecified atom stereocenters. The second-order valence-electron chi connectivity index (χ2n) is 1.28. The van der Waals surface area contributed by atoms with Gasteiger partial charge in [0.15, 0.2) is 0 Å². The Bertz CT molecular complexity index is 177. The van der Waals surface area contributed by atoms with Crippen LogP contribution in [0, 0.1) is 0 Å². The predicted octanol–water partition coefficient (Wildman–Crippen LogP) is -1.55. The maximum atomic E-state index is 9.97. The van der Waals surface area contributed by atoms with E-state index in [4.69, 9.17) is 0 Å². The van der Waals surface area contributed by atoms with Crippen molar-refractivity contribution in [1.29, 1.82) is 0 Å². The highest BCUT2D eigenvalue weighted by Gasteiger charge is 2.28. The second kappa shape index (κ2) is 0.975. The van der Waals surface area contributed by atoms with Gasteiger partial charge in [-0.2, -0.15) is 0 Å². The lowest BCUT2D eigenvalue weighted by Gasteiger charge is -2.11. The van der Waals surface area contributed by atoms with E-state index in [1.165, 1.54) is 0 Å². The summed E-state index contributed by atoms with van der Waals surface area (Å²) in [6.45, 7) is 0. The molecular formula is C2H3NO3S. The Hall–Kier alpha value is -0.580. The Morgan fingerprint density at radius 3 is 2.00 bits per heavy atom. The van der Waals surface area contributed by atoms with E-state index in [9.17, 15) is 13.2 Å². The molecule has 1 rings (SSSR count). The molecule has 5 heteroatoms. The van der Waals surface area contributed by atoms with Gasteiger partial charge in [-0.05, 0) is 0 Å². The fourth-order valence-electron chi connectivity index (χ4n) is 0.331. The van der Waals surface area contributed by atoms with Gasteiger partial charge in [0.25, 0.3) is 5.91 Å². The number of hydrogen-bond donors (Lipinski definition) is 1. The molecule has 0 radical (unpaired) electrons. The zero-order chi connectivity index (χ0) is 5.49.